The molecule has 27 heavy (non-hydrogen) atoms. The number of piperidine rings is 1. The van der Waals surface area contributed by atoms with Crippen molar-refractivity contribution in [3.8, 4) is 17.2 Å². The van der Waals surface area contributed by atoms with E-state index in [0.29, 0.717) is 17.5 Å². The van der Waals surface area contributed by atoms with Crippen molar-refractivity contribution in [2.24, 2.45) is 5.73 Å². The molecule has 6 nitrogen and oxygen atoms in total. The van der Waals surface area contributed by atoms with Crippen LogP contribution in [-0.4, -0.2) is 29.3 Å². The van der Waals surface area contributed by atoms with Crippen LogP contribution >= 0.6 is 0 Å². The van der Waals surface area contributed by atoms with Gasteiger partial charge >= 0.3 is 0 Å². The van der Waals surface area contributed by atoms with Crippen molar-refractivity contribution in [3.63, 3.8) is 0 Å². The van der Waals surface area contributed by atoms with Gasteiger partial charge in [-0.25, -0.2) is 4.39 Å². The number of nitrogens with zero attached hydrogens (tertiary/aromatic N) is 3. The van der Waals surface area contributed by atoms with E-state index < -0.39 is 0 Å². The number of benzene rings is 2. The maximum Gasteiger partial charge on any atom is 0.260 e. The molecule has 0 atom stereocenters. The van der Waals surface area contributed by atoms with Crippen LogP contribution < -0.4 is 15.4 Å². The average molecular weight is 368 g/mol. The summed E-state index contributed by atoms with van der Waals surface area (Å²) in [4.78, 5) is 6.74. The summed E-state index contributed by atoms with van der Waals surface area (Å²) < 4.78 is 24.2. The lowest BCUT2D eigenvalue weighted by atomic mass is 10.0. The first-order valence-corrected chi connectivity index (χ1v) is 9.00. The van der Waals surface area contributed by atoms with E-state index in [1.54, 1.807) is 12.1 Å². The molecular formula is C20H21FN4O2. The van der Waals surface area contributed by atoms with E-state index in [2.05, 4.69) is 21.1 Å². The van der Waals surface area contributed by atoms with Crippen LogP contribution in [0.1, 0.15) is 18.7 Å². The number of hydrogen-bond donors (Lipinski definition) is 1. The van der Waals surface area contributed by atoms with Crippen LogP contribution in [0, 0.1) is 5.82 Å². The Morgan fingerprint density at radius 3 is 2.78 bits per heavy atom. The Morgan fingerprint density at radius 1 is 1.15 bits per heavy atom. The van der Waals surface area contributed by atoms with Gasteiger partial charge in [0.25, 0.3) is 5.89 Å². The second-order valence-corrected chi connectivity index (χ2v) is 6.60. The minimum absolute atomic E-state index is 0.105. The molecule has 0 unspecified atom stereocenters. The highest BCUT2D eigenvalue weighted by Gasteiger charge is 2.21. The monoisotopic (exact) mass is 368 g/mol. The van der Waals surface area contributed by atoms with Crippen molar-refractivity contribution < 1.29 is 13.7 Å². The van der Waals surface area contributed by atoms with E-state index in [0.717, 1.165) is 37.2 Å². The van der Waals surface area contributed by atoms with E-state index in [1.165, 1.54) is 12.1 Å². The SMILES string of the molecule is NC1CCN(c2ccccc2-c2nc(COc3cccc(F)c3)no2)CC1. The summed E-state index contributed by atoms with van der Waals surface area (Å²) in [5, 5.41) is 3.98. The number of halogens is 1. The molecule has 140 valence electrons. The summed E-state index contributed by atoms with van der Waals surface area (Å²) in [5.41, 5.74) is 7.96. The quantitative estimate of drug-likeness (QED) is 0.744. The highest BCUT2D eigenvalue weighted by atomic mass is 19.1. The standard InChI is InChI=1S/C20H21FN4O2/c21-14-4-3-5-16(12-14)26-13-19-23-20(27-24-19)17-6-1-2-7-18(17)25-10-8-15(22)9-11-25/h1-7,12,15H,8-11,13,22H2. The van der Waals surface area contributed by atoms with Gasteiger partial charge in [0.15, 0.2) is 6.61 Å². The topological polar surface area (TPSA) is 77.4 Å². The molecule has 2 aromatic carbocycles. The molecule has 0 bridgehead atoms. The molecule has 1 aromatic heterocycles. The fourth-order valence-corrected chi connectivity index (χ4v) is 3.20. The fourth-order valence-electron chi connectivity index (χ4n) is 3.20. The third kappa shape index (κ3) is 4.09. The molecule has 7 heteroatoms. The second-order valence-electron chi connectivity index (χ2n) is 6.60. The molecule has 0 amide bonds. The molecule has 0 aliphatic carbocycles. The van der Waals surface area contributed by atoms with Crippen molar-refractivity contribution in [1.82, 2.24) is 10.1 Å². The number of aromatic nitrogens is 2. The van der Waals surface area contributed by atoms with Gasteiger partial charge < -0.3 is 19.9 Å². The van der Waals surface area contributed by atoms with Crippen LogP contribution in [0.15, 0.2) is 53.1 Å². The zero-order valence-electron chi connectivity index (χ0n) is 14.8. The summed E-state index contributed by atoms with van der Waals surface area (Å²) >= 11 is 0. The molecule has 1 saturated heterocycles. The van der Waals surface area contributed by atoms with E-state index in [1.807, 2.05) is 18.2 Å². The highest BCUT2D eigenvalue weighted by molar-refractivity contribution is 5.73. The Bertz CT molecular complexity index is 906. The van der Waals surface area contributed by atoms with Gasteiger partial charge in [0.2, 0.25) is 5.82 Å². The molecule has 1 aliphatic rings. The average Bonchev–Trinajstić information content (AvgIpc) is 3.16. The van der Waals surface area contributed by atoms with Gasteiger partial charge in [-0.3, -0.25) is 0 Å². The lowest BCUT2D eigenvalue weighted by Gasteiger charge is -2.32. The number of rotatable bonds is 5. The van der Waals surface area contributed by atoms with Crippen molar-refractivity contribution in [2.75, 3.05) is 18.0 Å². The normalized spacial score (nSPS) is 15.1. The number of ether oxygens (including phenoxy) is 1. The molecule has 0 saturated carbocycles. The Balaban J connectivity index is 1.50. The summed E-state index contributed by atoms with van der Waals surface area (Å²) in [6.07, 6.45) is 1.93. The Labute approximate surface area is 156 Å². The van der Waals surface area contributed by atoms with Gasteiger partial charge in [-0.2, -0.15) is 4.98 Å². The zero-order valence-corrected chi connectivity index (χ0v) is 14.8. The van der Waals surface area contributed by atoms with E-state index >= 15 is 0 Å². The van der Waals surface area contributed by atoms with Gasteiger partial charge in [-0.15, -0.1) is 0 Å². The van der Waals surface area contributed by atoms with Crippen molar-refractivity contribution in [2.45, 2.75) is 25.5 Å². The maximum atomic E-state index is 13.2. The molecule has 1 aliphatic heterocycles. The van der Waals surface area contributed by atoms with Crippen molar-refractivity contribution in [3.05, 3.63) is 60.2 Å². The van der Waals surface area contributed by atoms with E-state index in [-0.39, 0.29) is 18.5 Å². The minimum atomic E-state index is -0.350. The first-order chi connectivity index (χ1) is 13.2. The molecule has 4 rings (SSSR count). The number of anilines is 1. The number of para-hydroxylation sites is 1. The molecule has 3 aromatic rings. The molecule has 2 N–H and O–H groups in total. The highest BCUT2D eigenvalue weighted by Crippen LogP contribution is 2.31. The predicted molar refractivity (Wildman–Crippen MR) is 99.9 cm³/mol. The number of hydrogen-bond acceptors (Lipinski definition) is 6. The fraction of sp³-hybridized carbons (Fsp3) is 0.300. The van der Waals surface area contributed by atoms with Crippen molar-refractivity contribution in [1.29, 1.82) is 0 Å². The largest absolute Gasteiger partial charge is 0.485 e. The van der Waals surface area contributed by atoms with Gasteiger partial charge in [0.1, 0.15) is 11.6 Å². The van der Waals surface area contributed by atoms with Crippen LogP contribution in [-0.2, 0) is 6.61 Å². The predicted octanol–water partition coefficient (Wildman–Crippen LogP) is 3.38. The summed E-state index contributed by atoms with van der Waals surface area (Å²) in [6, 6.07) is 14.2. The van der Waals surface area contributed by atoms with Crippen LogP contribution in [0.3, 0.4) is 0 Å². The maximum absolute atomic E-state index is 13.2. The van der Waals surface area contributed by atoms with E-state index in [9.17, 15) is 4.39 Å². The van der Waals surface area contributed by atoms with Gasteiger partial charge in [0, 0.05) is 30.9 Å². The Kier molecular flexibility index (Phi) is 5.02. The lowest BCUT2D eigenvalue weighted by Crippen LogP contribution is -2.39. The van der Waals surface area contributed by atoms with Crippen LogP contribution in [0.25, 0.3) is 11.5 Å². The Hall–Kier alpha value is -2.93. The zero-order chi connectivity index (χ0) is 18.6. The van der Waals surface area contributed by atoms with Crippen LogP contribution in [0.4, 0.5) is 10.1 Å². The Morgan fingerprint density at radius 2 is 1.96 bits per heavy atom. The smallest absolute Gasteiger partial charge is 0.260 e. The molecule has 1 fully saturated rings. The van der Waals surface area contributed by atoms with Crippen LogP contribution in [0.2, 0.25) is 0 Å². The number of nitrogens with two attached hydrogens (primary N) is 1. The van der Waals surface area contributed by atoms with Gasteiger partial charge in [-0.05, 0) is 37.1 Å². The third-order valence-electron chi connectivity index (χ3n) is 4.65. The minimum Gasteiger partial charge on any atom is -0.485 e. The first-order valence-electron chi connectivity index (χ1n) is 9.00. The summed E-state index contributed by atoms with van der Waals surface area (Å²) in [5.74, 6) is 0.922. The molecule has 2 heterocycles. The van der Waals surface area contributed by atoms with Crippen molar-refractivity contribution >= 4 is 5.69 Å². The van der Waals surface area contributed by atoms with Gasteiger partial charge in [0.05, 0.1) is 5.56 Å². The first kappa shape index (κ1) is 17.5. The van der Waals surface area contributed by atoms with E-state index in [4.69, 9.17) is 15.0 Å². The van der Waals surface area contributed by atoms with Gasteiger partial charge in [-0.1, -0.05) is 23.4 Å². The molecule has 0 spiro atoms. The summed E-state index contributed by atoms with van der Waals surface area (Å²) in [6.45, 7) is 1.91. The lowest BCUT2D eigenvalue weighted by molar-refractivity contribution is 0.286. The molecule has 0 radical (unpaired) electrons. The summed E-state index contributed by atoms with van der Waals surface area (Å²) in [7, 11) is 0. The van der Waals surface area contributed by atoms with Crippen LogP contribution in [0.5, 0.6) is 5.75 Å². The third-order valence-corrected chi connectivity index (χ3v) is 4.65. The second kappa shape index (κ2) is 7.75. The molecular weight excluding hydrogens is 347 g/mol.